The summed E-state index contributed by atoms with van der Waals surface area (Å²) in [5, 5.41) is 31.3. The Hall–Kier alpha value is -3.94. The Kier molecular flexibility index (Phi) is 4.24. The maximum absolute atomic E-state index is 11.4. The lowest BCUT2D eigenvalue weighted by Gasteiger charge is -2.12. The molecule has 3 rings (SSSR count). The van der Waals surface area contributed by atoms with Crippen molar-refractivity contribution >= 4 is 28.7 Å². The van der Waals surface area contributed by atoms with Crippen LogP contribution in [0.15, 0.2) is 48.5 Å². The first kappa shape index (κ1) is 16.9. The van der Waals surface area contributed by atoms with Crippen LogP contribution in [0, 0.1) is 10.1 Å². The monoisotopic (exact) mass is 353 g/mol. The van der Waals surface area contributed by atoms with Crippen LogP contribution in [0.25, 0.3) is 10.8 Å². The third kappa shape index (κ3) is 2.91. The number of carboxylic acids is 1. The number of aromatic hydroxyl groups is 1. The van der Waals surface area contributed by atoms with Gasteiger partial charge in [0, 0.05) is 22.4 Å². The molecule has 3 aromatic rings. The molecule has 26 heavy (non-hydrogen) atoms. The highest BCUT2D eigenvalue weighted by Gasteiger charge is 2.21. The topological polar surface area (TPSA) is 127 Å². The molecule has 0 radical (unpaired) electrons. The molecular weight excluding hydrogens is 342 g/mol. The van der Waals surface area contributed by atoms with Gasteiger partial charge in [0.25, 0.3) is 0 Å². The molecule has 130 valence electrons. The number of nitro groups is 1. The Balaban J connectivity index is 2.21. The van der Waals surface area contributed by atoms with Gasteiger partial charge in [-0.3, -0.25) is 14.9 Å². The molecule has 0 amide bonds. The van der Waals surface area contributed by atoms with Crippen LogP contribution in [0.3, 0.4) is 0 Å². The van der Waals surface area contributed by atoms with E-state index in [9.17, 15) is 29.9 Å². The predicted molar refractivity (Wildman–Crippen MR) is 91.1 cm³/mol. The highest BCUT2D eigenvalue weighted by Crippen LogP contribution is 2.40. The van der Waals surface area contributed by atoms with E-state index in [0.29, 0.717) is 11.7 Å². The number of carboxylic acid groups (broad SMARTS) is 1. The first-order chi connectivity index (χ1) is 12.4. The van der Waals surface area contributed by atoms with Crippen LogP contribution in [-0.4, -0.2) is 27.4 Å². The molecule has 0 aromatic heterocycles. The van der Waals surface area contributed by atoms with Crippen molar-refractivity contribution in [2.24, 2.45) is 0 Å². The highest BCUT2D eigenvalue weighted by molar-refractivity contribution is 6.03. The quantitative estimate of drug-likeness (QED) is 0.406. The molecule has 0 spiro atoms. The minimum absolute atomic E-state index is 0.0257. The number of hydrogen-bond donors (Lipinski definition) is 2. The van der Waals surface area contributed by atoms with Crippen molar-refractivity contribution in [2.75, 3.05) is 0 Å². The number of benzene rings is 3. The molecule has 0 unspecified atom stereocenters. The van der Waals surface area contributed by atoms with Gasteiger partial charge in [0.05, 0.1) is 4.92 Å². The second kappa shape index (κ2) is 6.52. The fourth-order valence-electron chi connectivity index (χ4n) is 2.53. The van der Waals surface area contributed by atoms with E-state index >= 15 is 0 Å². The molecule has 0 saturated heterocycles. The van der Waals surface area contributed by atoms with Gasteiger partial charge >= 0.3 is 11.7 Å². The lowest BCUT2D eigenvalue weighted by Crippen LogP contribution is -2.00. The summed E-state index contributed by atoms with van der Waals surface area (Å²) >= 11 is 0. The van der Waals surface area contributed by atoms with Gasteiger partial charge in [-0.15, -0.1) is 0 Å². The number of phenols is 1. The van der Waals surface area contributed by atoms with Crippen molar-refractivity contribution in [2.45, 2.75) is 0 Å². The zero-order chi connectivity index (χ0) is 18.8. The lowest BCUT2D eigenvalue weighted by atomic mass is 10.0. The number of hydrogen-bond acceptors (Lipinski definition) is 6. The van der Waals surface area contributed by atoms with E-state index in [2.05, 4.69) is 0 Å². The van der Waals surface area contributed by atoms with E-state index in [0.717, 1.165) is 12.1 Å². The summed E-state index contributed by atoms with van der Waals surface area (Å²) in [7, 11) is 0. The van der Waals surface area contributed by atoms with Crippen molar-refractivity contribution in [3.63, 3.8) is 0 Å². The van der Waals surface area contributed by atoms with Crippen LogP contribution in [0.4, 0.5) is 5.69 Å². The third-order valence-corrected chi connectivity index (χ3v) is 3.74. The molecule has 0 aliphatic heterocycles. The third-order valence-electron chi connectivity index (χ3n) is 3.74. The number of nitro benzene ring substituents is 1. The van der Waals surface area contributed by atoms with Gasteiger partial charge in [-0.25, -0.2) is 4.79 Å². The summed E-state index contributed by atoms with van der Waals surface area (Å²) < 4.78 is 5.60. The molecule has 0 saturated carbocycles. The minimum Gasteiger partial charge on any atom is -0.506 e. The van der Waals surface area contributed by atoms with Gasteiger partial charge in [-0.1, -0.05) is 24.3 Å². The Morgan fingerprint density at radius 3 is 2.38 bits per heavy atom. The van der Waals surface area contributed by atoms with Crippen molar-refractivity contribution in [3.05, 3.63) is 69.8 Å². The van der Waals surface area contributed by atoms with Gasteiger partial charge in [0.1, 0.15) is 23.3 Å². The number of fused-ring (bicyclic) bond motifs is 1. The zero-order valence-corrected chi connectivity index (χ0v) is 13.1. The van der Waals surface area contributed by atoms with Crippen molar-refractivity contribution < 1.29 is 29.5 Å². The van der Waals surface area contributed by atoms with Crippen molar-refractivity contribution in [3.8, 4) is 17.2 Å². The maximum Gasteiger partial charge on any atom is 0.339 e. The van der Waals surface area contributed by atoms with E-state index in [1.807, 2.05) is 0 Å². The predicted octanol–water partition coefficient (Wildman–Crippen LogP) is 3.76. The molecule has 0 heterocycles. The summed E-state index contributed by atoms with van der Waals surface area (Å²) in [6, 6.07) is 11.1. The van der Waals surface area contributed by atoms with Crippen LogP contribution in [-0.2, 0) is 0 Å². The first-order valence-corrected chi connectivity index (χ1v) is 7.32. The zero-order valence-electron chi connectivity index (χ0n) is 13.1. The summed E-state index contributed by atoms with van der Waals surface area (Å²) in [6.07, 6.45) is 0.468. The Bertz CT molecular complexity index is 1060. The number of ether oxygens (including phenoxy) is 1. The molecular formula is C18H11NO7. The normalized spacial score (nSPS) is 10.5. The van der Waals surface area contributed by atoms with E-state index in [-0.39, 0.29) is 22.4 Å². The maximum atomic E-state index is 11.4. The second-order valence-corrected chi connectivity index (χ2v) is 5.33. The van der Waals surface area contributed by atoms with E-state index in [1.165, 1.54) is 18.2 Å². The number of nitrogens with zero attached hydrogens (tertiary/aromatic N) is 1. The molecule has 8 nitrogen and oxygen atoms in total. The number of aromatic carboxylic acids is 1. The highest BCUT2D eigenvalue weighted by atomic mass is 16.6. The Labute approximate surface area is 146 Å². The standard InChI is InChI=1S/C18H11NO7/c20-9-10-5-6-15(14(7-10)19(24)25)26-16-8-13(18(22)23)17(21)12-4-2-1-3-11(12)16/h1-9,21H,(H,22,23). The van der Waals surface area contributed by atoms with Crippen LogP contribution in [0.1, 0.15) is 20.7 Å². The van der Waals surface area contributed by atoms with Gasteiger partial charge in [-0.2, -0.15) is 0 Å². The molecule has 8 heteroatoms. The van der Waals surface area contributed by atoms with E-state index in [1.54, 1.807) is 18.2 Å². The molecule has 0 bridgehead atoms. The minimum atomic E-state index is -1.37. The van der Waals surface area contributed by atoms with Gasteiger partial charge < -0.3 is 14.9 Å². The van der Waals surface area contributed by atoms with E-state index in [4.69, 9.17) is 4.74 Å². The van der Waals surface area contributed by atoms with Crippen LogP contribution in [0.2, 0.25) is 0 Å². The van der Waals surface area contributed by atoms with Gasteiger partial charge in [0.15, 0.2) is 0 Å². The van der Waals surface area contributed by atoms with Crippen LogP contribution in [0.5, 0.6) is 17.2 Å². The second-order valence-electron chi connectivity index (χ2n) is 5.33. The summed E-state index contributed by atoms with van der Waals surface area (Å²) in [4.78, 5) is 32.7. The van der Waals surface area contributed by atoms with E-state index < -0.39 is 27.9 Å². The summed E-state index contributed by atoms with van der Waals surface area (Å²) in [6.45, 7) is 0. The van der Waals surface area contributed by atoms with Crippen LogP contribution < -0.4 is 4.74 Å². The van der Waals surface area contributed by atoms with Crippen LogP contribution >= 0.6 is 0 Å². The Morgan fingerprint density at radius 1 is 1.08 bits per heavy atom. The largest absolute Gasteiger partial charge is 0.506 e. The first-order valence-electron chi connectivity index (χ1n) is 7.32. The fourth-order valence-corrected chi connectivity index (χ4v) is 2.53. The number of carbonyl (C=O) groups excluding carboxylic acids is 1. The summed E-state index contributed by atoms with van der Waals surface area (Å²) in [5.41, 5.74) is -0.736. The number of carbonyl (C=O) groups is 2. The SMILES string of the molecule is O=Cc1ccc(Oc2cc(C(=O)O)c(O)c3ccccc23)c([N+](=O)[O-])c1. The molecule has 2 N–H and O–H groups in total. The van der Waals surface area contributed by atoms with Gasteiger partial charge in [-0.05, 0) is 18.2 Å². The average Bonchev–Trinajstić information content (AvgIpc) is 2.63. The number of aldehydes is 1. The average molecular weight is 353 g/mol. The molecule has 3 aromatic carbocycles. The Morgan fingerprint density at radius 2 is 1.77 bits per heavy atom. The fraction of sp³-hybridized carbons (Fsp3) is 0. The van der Waals surface area contributed by atoms with Gasteiger partial charge in [0.2, 0.25) is 5.75 Å². The summed E-state index contributed by atoms with van der Waals surface area (Å²) in [5.74, 6) is -1.93. The molecule has 0 fully saturated rings. The molecule has 0 aliphatic rings. The smallest absolute Gasteiger partial charge is 0.339 e. The molecule has 0 aliphatic carbocycles. The van der Waals surface area contributed by atoms with Crippen molar-refractivity contribution in [1.29, 1.82) is 0 Å². The lowest BCUT2D eigenvalue weighted by molar-refractivity contribution is -0.385. The molecule has 0 atom stereocenters. The van der Waals surface area contributed by atoms with Crippen molar-refractivity contribution in [1.82, 2.24) is 0 Å². The number of rotatable bonds is 5.